The molecular weight excluding hydrogens is 679 g/mol. The van der Waals surface area contributed by atoms with Gasteiger partial charge in [0, 0.05) is 42.4 Å². The molecule has 3 heterocycles. The number of ether oxygens (including phenoxy) is 1. The zero-order valence-electron chi connectivity index (χ0n) is 29.8. The summed E-state index contributed by atoms with van der Waals surface area (Å²) in [6.07, 6.45) is 8.87. The molecule has 12 nitrogen and oxygen atoms in total. The minimum Gasteiger partial charge on any atom is -0.478 e. The van der Waals surface area contributed by atoms with Crippen molar-refractivity contribution >= 4 is 33.1 Å². The van der Waals surface area contributed by atoms with E-state index < -0.39 is 16.0 Å². The second kappa shape index (κ2) is 12.7. The first-order valence-corrected chi connectivity index (χ1v) is 19.3. The Bertz CT molecular complexity index is 2300. The molecule has 2 aromatic carbocycles. The van der Waals surface area contributed by atoms with E-state index >= 15 is 0 Å². The van der Waals surface area contributed by atoms with Gasteiger partial charge in [0.05, 0.1) is 28.0 Å². The van der Waals surface area contributed by atoms with E-state index in [1.165, 1.54) is 56.0 Å². The fraction of sp³-hybridized carbons (Fsp3) is 0.410. The summed E-state index contributed by atoms with van der Waals surface area (Å²) in [4.78, 5) is 30.2. The number of hydrogen-bond donors (Lipinski definition) is 3. The predicted molar refractivity (Wildman–Crippen MR) is 197 cm³/mol. The van der Waals surface area contributed by atoms with Gasteiger partial charge < -0.3 is 19.7 Å². The van der Waals surface area contributed by atoms with Gasteiger partial charge in [-0.05, 0) is 99.1 Å². The SMILES string of the molecule is Cc1cccc(C)c1-c1cc(OCC(CC23CC(C2)C3)NCc2cnc3cc(C4(C)CC4)n(C)c3n2)nc(NS(=O)(=O)c2cccc(C(=O)O)c2)n1. The van der Waals surface area contributed by atoms with Crippen LogP contribution in [0.15, 0.2) is 65.7 Å². The van der Waals surface area contributed by atoms with Gasteiger partial charge in [-0.3, -0.25) is 4.98 Å². The number of anilines is 1. The van der Waals surface area contributed by atoms with Crippen LogP contribution in [0.2, 0.25) is 0 Å². The van der Waals surface area contributed by atoms with Gasteiger partial charge in [0.2, 0.25) is 11.8 Å². The number of aryl methyl sites for hydroxylation is 3. The average Bonchev–Trinajstić information content (AvgIpc) is 3.73. The summed E-state index contributed by atoms with van der Waals surface area (Å²) in [5.41, 5.74) is 7.61. The number of carboxylic acid groups (broad SMARTS) is 1. The van der Waals surface area contributed by atoms with Gasteiger partial charge in [-0.25, -0.2) is 27.9 Å². The van der Waals surface area contributed by atoms with E-state index in [0.29, 0.717) is 24.3 Å². The Kier molecular flexibility index (Phi) is 8.33. The minimum absolute atomic E-state index is 0.0226. The summed E-state index contributed by atoms with van der Waals surface area (Å²) >= 11 is 0. The number of carbonyl (C=O) groups is 1. The summed E-state index contributed by atoms with van der Waals surface area (Å²) < 4.78 is 38.0. The smallest absolute Gasteiger partial charge is 0.335 e. The summed E-state index contributed by atoms with van der Waals surface area (Å²) in [5, 5.41) is 13.1. The molecular formula is C39H43N7O5S. The van der Waals surface area contributed by atoms with Crippen LogP contribution in [0.5, 0.6) is 5.88 Å². The molecule has 0 spiro atoms. The van der Waals surface area contributed by atoms with Crippen LogP contribution in [0, 0.1) is 25.2 Å². The number of fused-ring (bicyclic) bond motifs is 1. The number of rotatable bonds is 14. The highest BCUT2D eigenvalue weighted by Crippen LogP contribution is 2.66. The summed E-state index contributed by atoms with van der Waals surface area (Å²) in [6.45, 7) is 7.05. The molecule has 5 aromatic rings. The minimum atomic E-state index is -4.23. The van der Waals surface area contributed by atoms with Gasteiger partial charge in [-0.1, -0.05) is 31.2 Å². The predicted octanol–water partition coefficient (Wildman–Crippen LogP) is 6.32. The molecule has 9 rings (SSSR count). The van der Waals surface area contributed by atoms with Crippen molar-refractivity contribution in [3.8, 4) is 17.1 Å². The van der Waals surface area contributed by atoms with E-state index in [-0.39, 0.29) is 33.7 Å². The van der Waals surface area contributed by atoms with Crippen LogP contribution in [-0.2, 0) is 29.0 Å². The highest BCUT2D eigenvalue weighted by Gasteiger charge is 2.56. The number of nitrogens with one attached hydrogen (secondary N) is 2. The van der Waals surface area contributed by atoms with Crippen molar-refractivity contribution in [2.24, 2.45) is 18.4 Å². The molecule has 0 radical (unpaired) electrons. The fourth-order valence-corrected chi connectivity index (χ4v) is 9.13. The molecule has 3 aromatic heterocycles. The van der Waals surface area contributed by atoms with E-state index in [2.05, 4.69) is 44.6 Å². The van der Waals surface area contributed by atoms with Gasteiger partial charge in [-0.2, -0.15) is 4.98 Å². The lowest BCUT2D eigenvalue weighted by Gasteiger charge is -2.63. The van der Waals surface area contributed by atoms with Gasteiger partial charge in [0.15, 0.2) is 5.65 Å². The fourth-order valence-electron chi connectivity index (χ4n) is 8.14. The molecule has 4 fully saturated rings. The number of benzene rings is 2. The molecule has 52 heavy (non-hydrogen) atoms. The van der Waals surface area contributed by atoms with Crippen molar-refractivity contribution in [2.75, 3.05) is 11.3 Å². The van der Waals surface area contributed by atoms with Crippen LogP contribution in [0.1, 0.15) is 78.3 Å². The summed E-state index contributed by atoms with van der Waals surface area (Å²) in [6, 6.07) is 14.9. The maximum absolute atomic E-state index is 13.5. The van der Waals surface area contributed by atoms with Crippen molar-refractivity contribution < 1.29 is 23.1 Å². The molecule has 4 saturated carbocycles. The number of hydrogen-bond acceptors (Lipinski definition) is 9. The zero-order chi connectivity index (χ0) is 36.4. The number of nitrogens with zero attached hydrogens (tertiary/aromatic N) is 5. The van der Waals surface area contributed by atoms with E-state index in [1.54, 1.807) is 6.07 Å². The van der Waals surface area contributed by atoms with Crippen LogP contribution in [0.25, 0.3) is 22.4 Å². The normalized spacial score (nSPS) is 20.5. The molecule has 2 bridgehead atoms. The second-order valence-corrected chi connectivity index (χ2v) is 17.1. The molecule has 13 heteroatoms. The van der Waals surface area contributed by atoms with Crippen molar-refractivity contribution in [3.05, 3.63) is 88.9 Å². The van der Waals surface area contributed by atoms with Crippen LogP contribution in [0.3, 0.4) is 0 Å². The maximum atomic E-state index is 13.5. The molecule has 4 aliphatic carbocycles. The third-order valence-electron chi connectivity index (χ3n) is 11.3. The lowest BCUT2D eigenvalue weighted by Crippen LogP contribution is -2.55. The van der Waals surface area contributed by atoms with Crippen molar-refractivity contribution in [1.82, 2.24) is 29.8 Å². The average molecular weight is 722 g/mol. The number of aromatic nitrogens is 5. The maximum Gasteiger partial charge on any atom is 0.335 e. The van der Waals surface area contributed by atoms with Gasteiger partial charge in [0.25, 0.3) is 10.0 Å². The molecule has 1 atom stereocenters. The first-order chi connectivity index (χ1) is 24.8. The van der Waals surface area contributed by atoms with Crippen molar-refractivity contribution in [2.45, 2.75) is 82.2 Å². The van der Waals surface area contributed by atoms with Crippen LogP contribution >= 0.6 is 0 Å². The Balaban J connectivity index is 1.06. The molecule has 0 amide bonds. The zero-order valence-corrected chi connectivity index (χ0v) is 30.6. The van der Waals surface area contributed by atoms with Gasteiger partial charge in [-0.15, -0.1) is 0 Å². The van der Waals surface area contributed by atoms with E-state index in [4.69, 9.17) is 14.7 Å². The Labute approximate surface area is 303 Å². The van der Waals surface area contributed by atoms with Gasteiger partial charge >= 0.3 is 5.97 Å². The topological polar surface area (TPSA) is 161 Å². The Hall–Kier alpha value is -4.88. The van der Waals surface area contributed by atoms with Crippen LogP contribution in [-0.4, -0.2) is 56.6 Å². The first kappa shape index (κ1) is 34.2. The quantitative estimate of drug-likeness (QED) is 0.118. The number of carboxylic acids is 1. The Morgan fingerprint density at radius 2 is 1.77 bits per heavy atom. The largest absolute Gasteiger partial charge is 0.478 e. The van der Waals surface area contributed by atoms with E-state index in [1.807, 2.05) is 38.2 Å². The Morgan fingerprint density at radius 3 is 2.44 bits per heavy atom. The molecule has 3 N–H and O–H groups in total. The molecule has 270 valence electrons. The summed E-state index contributed by atoms with van der Waals surface area (Å²) in [5.74, 6) is -0.346. The van der Waals surface area contributed by atoms with E-state index in [9.17, 15) is 18.3 Å². The molecule has 1 unspecified atom stereocenters. The molecule has 0 aliphatic heterocycles. The van der Waals surface area contributed by atoms with Crippen molar-refractivity contribution in [1.29, 1.82) is 0 Å². The third-order valence-corrected chi connectivity index (χ3v) is 12.6. The lowest BCUT2D eigenvalue weighted by atomic mass is 9.43. The van der Waals surface area contributed by atoms with Crippen molar-refractivity contribution in [3.63, 3.8) is 0 Å². The number of sulfonamides is 1. The monoisotopic (exact) mass is 721 g/mol. The lowest BCUT2D eigenvalue weighted by molar-refractivity contribution is -0.119. The summed E-state index contributed by atoms with van der Waals surface area (Å²) in [7, 11) is -2.16. The van der Waals surface area contributed by atoms with Gasteiger partial charge in [0.1, 0.15) is 12.1 Å². The van der Waals surface area contributed by atoms with Crippen LogP contribution < -0.4 is 14.8 Å². The Morgan fingerprint density at radius 1 is 1.04 bits per heavy atom. The van der Waals surface area contributed by atoms with Crippen LogP contribution in [0.4, 0.5) is 5.95 Å². The standard InChI is InChI=1S/C39H43N7O5S/c1-23-7-5-8-24(2)34(23)30-15-33(44-37(43-30)45-52(49,50)29-10-6-9-26(13-29)36(47)48)51-22-27(19-39-16-25(17-39)18-39)40-20-28-21-41-31-14-32(38(3)11-12-38)46(4)35(31)42-28/h5-10,13-15,21,25,27,40H,11-12,16-20,22H2,1-4H3,(H,47,48)(H,43,44,45). The molecule has 4 aliphatic rings. The highest BCUT2D eigenvalue weighted by molar-refractivity contribution is 7.92. The third kappa shape index (κ3) is 6.51. The highest BCUT2D eigenvalue weighted by atomic mass is 32.2. The van der Waals surface area contributed by atoms with E-state index in [0.717, 1.165) is 52.0 Å². The number of aromatic carboxylic acids is 1. The first-order valence-electron chi connectivity index (χ1n) is 17.8. The molecule has 0 saturated heterocycles. The second-order valence-electron chi connectivity index (χ2n) is 15.4.